The van der Waals surface area contributed by atoms with Crippen LogP contribution in [0.2, 0.25) is 0 Å². The summed E-state index contributed by atoms with van der Waals surface area (Å²) in [6, 6.07) is 1.22. The van der Waals surface area contributed by atoms with Crippen LogP contribution in [0.25, 0.3) is 0 Å². The van der Waals surface area contributed by atoms with Gasteiger partial charge in [0.1, 0.15) is 0 Å². The standard InChI is InChI=1S/C12H16FN3O/c1-9-3-6-16(7-4-9)12(17)15-11-2-5-14-8-10(11)13/h2,5,8-9H,3-4,6-7H2,1H3,(H,14,15,17). The molecule has 1 aliphatic rings. The Balaban J connectivity index is 1.95. The first-order valence-corrected chi connectivity index (χ1v) is 5.82. The molecule has 1 aromatic heterocycles. The summed E-state index contributed by atoms with van der Waals surface area (Å²) in [5, 5.41) is 2.57. The number of piperidine rings is 1. The minimum absolute atomic E-state index is 0.184. The highest BCUT2D eigenvalue weighted by molar-refractivity contribution is 5.89. The fourth-order valence-electron chi connectivity index (χ4n) is 1.88. The van der Waals surface area contributed by atoms with E-state index in [0.717, 1.165) is 32.1 Å². The van der Waals surface area contributed by atoms with Crippen molar-refractivity contribution >= 4 is 11.7 Å². The highest BCUT2D eigenvalue weighted by Gasteiger charge is 2.20. The highest BCUT2D eigenvalue weighted by atomic mass is 19.1. The molecule has 2 rings (SSSR count). The number of hydrogen-bond donors (Lipinski definition) is 1. The maximum atomic E-state index is 13.3. The number of aromatic nitrogens is 1. The van der Waals surface area contributed by atoms with Crippen molar-refractivity contribution < 1.29 is 9.18 Å². The molecule has 1 aliphatic heterocycles. The second-order valence-corrected chi connectivity index (χ2v) is 4.46. The minimum Gasteiger partial charge on any atom is -0.325 e. The molecule has 0 spiro atoms. The Labute approximate surface area is 99.8 Å². The highest BCUT2D eigenvalue weighted by Crippen LogP contribution is 2.18. The summed E-state index contributed by atoms with van der Waals surface area (Å²) < 4.78 is 13.3. The summed E-state index contributed by atoms with van der Waals surface area (Å²) in [6.07, 6.45) is 4.56. The van der Waals surface area contributed by atoms with Crippen LogP contribution in [0, 0.1) is 11.7 Å². The molecule has 0 bridgehead atoms. The van der Waals surface area contributed by atoms with Crippen molar-refractivity contribution in [1.82, 2.24) is 9.88 Å². The van der Waals surface area contributed by atoms with E-state index in [4.69, 9.17) is 0 Å². The van der Waals surface area contributed by atoms with E-state index >= 15 is 0 Å². The number of pyridine rings is 1. The van der Waals surface area contributed by atoms with Crippen molar-refractivity contribution in [2.45, 2.75) is 19.8 Å². The monoisotopic (exact) mass is 237 g/mol. The first-order chi connectivity index (χ1) is 8.16. The van der Waals surface area contributed by atoms with Gasteiger partial charge >= 0.3 is 6.03 Å². The summed E-state index contributed by atoms with van der Waals surface area (Å²) in [7, 11) is 0. The van der Waals surface area contributed by atoms with Crippen molar-refractivity contribution in [3.8, 4) is 0 Å². The van der Waals surface area contributed by atoms with E-state index in [1.165, 1.54) is 12.3 Å². The fourth-order valence-corrected chi connectivity index (χ4v) is 1.88. The Bertz CT molecular complexity index is 402. The topological polar surface area (TPSA) is 45.2 Å². The van der Waals surface area contributed by atoms with E-state index in [2.05, 4.69) is 17.2 Å². The van der Waals surface area contributed by atoms with E-state index in [1.54, 1.807) is 4.90 Å². The molecule has 1 saturated heterocycles. The van der Waals surface area contributed by atoms with Gasteiger partial charge in [-0.25, -0.2) is 9.18 Å². The van der Waals surface area contributed by atoms with Crippen molar-refractivity contribution in [3.05, 3.63) is 24.3 Å². The van der Waals surface area contributed by atoms with Crippen LogP contribution in [0.5, 0.6) is 0 Å². The van der Waals surface area contributed by atoms with Crippen LogP contribution in [0.15, 0.2) is 18.5 Å². The van der Waals surface area contributed by atoms with Crippen LogP contribution in [0.4, 0.5) is 14.9 Å². The summed E-state index contributed by atoms with van der Waals surface area (Å²) >= 11 is 0. The van der Waals surface area contributed by atoms with Gasteiger partial charge in [0.2, 0.25) is 0 Å². The number of carbonyl (C=O) groups excluding carboxylic acids is 1. The number of likely N-dealkylation sites (tertiary alicyclic amines) is 1. The van der Waals surface area contributed by atoms with E-state index in [1.807, 2.05) is 0 Å². The van der Waals surface area contributed by atoms with Gasteiger partial charge in [-0.15, -0.1) is 0 Å². The van der Waals surface area contributed by atoms with E-state index in [0.29, 0.717) is 5.92 Å². The maximum Gasteiger partial charge on any atom is 0.321 e. The van der Waals surface area contributed by atoms with Crippen molar-refractivity contribution in [2.75, 3.05) is 18.4 Å². The molecule has 5 heteroatoms. The Kier molecular flexibility index (Phi) is 3.56. The average molecular weight is 237 g/mol. The van der Waals surface area contributed by atoms with Crippen molar-refractivity contribution in [3.63, 3.8) is 0 Å². The molecular weight excluding hydrogens is 221 g/mol. The lowest BCUT2D eigenvalue weighted by Gasteiger charge is -2.30. The summed E-state index contributed by atoms with van der Waals surface area (Å²) in [4.78, 5) is 17.2. The Morgan fingerprint density at radius 2 is 2.24 bits per heavy atom. The zero-order valence-corrected chi connectivity index (χ0v) is 9.82. The summed E-state index contributed by atoms with van der Waals surface area (Å²) in [5.74, 6) is 0.155. The molecule has 0 atom stereocenters. The van der Waals surface area contributed by atoms with Crippen LogP contribution in [-0.4, -0.2) is 29.0 Å². The third-order valence-corrected chi connectivity index (χ3v) is 3.08. The number of nitrogens with zero attached hydrogens (tertiary/aromatic N) is 2. The molecule has 0 unspecified atom stereocenters. The van der Waals surface area contributed by atoms with Gasteiger partial charge in [-0.05, 0) is 24.8 Å². The fraction of sp³-hybridized carbons (Fsp3) is 0.500. The van der Waals surface area contributed by atoms with Gasteiger partial charge in [-0.3, -0.25) is 4.98 Å². The molecule has 1 aromatic rings. The van der Waals surface area contributed by atoms with Crippen molar-refractivity contribution in [1.29, 1.82) is 0 Å². The van der Waals surface area contributed by atoms with Gasteiger partial charge in [0.15, 0.2) is 5.82 Å². The molecule has 0 radical (unpaired) electrons. The summed E-state index contributed by atoms with van der Waals surface area (Å²) in [5.41, 5.74) is 0.184. The third-order valence-electron chi connectivity index (χ3n) is 3.08. The number of rotatable bonds is 1. The molecule has 92 valence electrons. The normalized spacial score (nSPS) is 16.9. The molecule has 4 nitrogen and oxygen atoms in total. The number of carbonyl (C=O) groups is 1. The van der Waals surface area contributed by atoms with Crippen LogP contribution >= 0.6 is 0 Å². The first-order valence-electron chi connectivity index (χ1n) is 5.82. The average Bonchev–Trinajstić information content (AvgIpc) is 2.33. The zero-order valence-electron chi connectivity index (χ0n) is 9.82. The number of amides is 2. The van der Waals surface area contributed by atoms with E-state index < -0.39 is 5.82 Å². The third kappa shape index (κ3) is 2.93. The van der Waals surface area contributed by atoms with Gasteiger partial charge < -0.3 is 10.2 Å². The Morgan fingerprint density at radius 3 is 2.88 bits per heavy atom. The number of anilines is 1. The predicted molar refractivity (Wildman–Crippen MR) is 63.2 cm³/mol. The Hall–Kier alpha value is -1.65. The molecule has 1 N–H and O–H groups in total. The number of urea groups is 1. The summed E-state index contributed by atoms with van der Waals surface area (Å²) in [6.45, 7) is 3.65. The molecule has 2 amide bonds. The molecule has 0 aliphatic carbocycles. The molecular formula is C12H16FN3O. The lowest BCUT2D eigenvalue weighted by molar-refractivity contribution is 0.186. The smallest absolute Gasteiger partial charge is 0.321 e. The Morgan fingerprint density at radius 1 is 1.53 bits per heavy atom. The minimum atomic E-state index is -0.508. The predicted octanol–water partition coefficient (Wildman–Crippen LogP) is 2.48. The first kappa shape index (κ1) is 11.8. The lowest BCUT2D eigenvalue weighted by Crippen LogP contribution is -2.40. The van der Waals surface area contributed by atoms with Crippen LogP contribution in [-0.2, 0) is 0 Å². The van der Waals surface area contributed by atoms with Crippen LogP contribution in [0.1, 0.15) is 19.8 Å². The van der Waals surface area contributed by atoms with Crippen LogP contribution < -0.4 is 5.32 Å². The molecule has 0 aromatic carbocycles. The zero-order chi connectivity index (χ0) is 12.3. The van der Waals surface area contributed by atoms with Gasteiger partial charge in [0.25, 0.3) is 0 Å². The largest absolute Gasteiger partial charge is 0.325 e. The van der Waals surface area contributed by atoms with E-state index in [-0.39, 0.29) is 11.7 Å². The van der Waals surface area contributed by atoms with Gasteiger partial charge in [-0.2, -0.15) is 0 Å². The number of nitrogens with one attached hydrogen (secondary N) is 1. The maximum absolute atomic E-state index is 13.3. The van der Waals surface area contributed by atoms with Crippen LogP contribution in [0.3, 0.4) is 0 Å². The van der Waals surface area contributed by atoms with Gasteiger partial charge in [0.05, 0.1) is 11.9 Å². The van der Waals surface area contributed by atoms with Crippen molar-refractivity contribution in [2.24, 2.45) is 5.92 Å². The molecule has 0 saturated carbocycles. The number of halogens is 1. The quantitative estimate of drug-likeness (QED) is 0.815. The van der Waals surface area contributed by atoms with Gasteiger partial charge in [0, 0.05) is 19.3 Å². The van der Waals surface area contributed by atoms with E-state index in [9.17, 15) is 9.18 Å². The second kappa shape index (κ2) is 5.12. The molecule has 17 heavy (non-hydrogen) atoms. The molecule has 2 heterocycles. The molecule has 1 fully saturated rings. The van der Waals surface area contributed by atoms with Gasteiger partial charge in [-0.1, -0.05) is 6.92 Å². The number of hydrogen-bond acceptors (Lipinski definition) is 2. The SMILES string of the molecule is CC1CCN(C(=O)Nc2ccncc2F)CC1. The lowest BCUT2D eigenvalue weighted by atomic mass is 10.00. The second-order valence-electron chi connectivity index (χ2n) is 4.46.